The van der Waals surface area contributed by atoms with Crippen molar-refractivity contribution in [1.82, 2.24) is 10.2 Å². The van der Waals surface area contributed by atoms with Crippen LogP contribution in [0.5, 0.6) is 5.75 Å². The number of para-hydroxylation sites is 2. The van der Waals surface area contributed by atoms with Crippen LogP contribution in [-0.4, -0.2) is 52.0 Å². The van der Waals surface area contributed by atoms with Crippen molar-refractivity contribution in [2.75, 3.05) is 11.9 Å². The summed E-state index contributed by atoms with van der Waals surface area (Å²) >= 11 is 6.40. The highest BCUT2D eigenvalue weighted by molar-refractivity contribution is 6.34. The topological polar surface area (TPSA) is 151 Å². The molecular formula is C31H43ClN4O6. The fourth-order valence-electron chi connectivity index (χ4n) is 4.42. The number of nitrogens with one attached hydrogen (secondary N) is 2. The maximum Gasteiger partial charge on any atom is 0.408 e. The van der Waals surface area contributed by atoms with Crippen molar-refractivity contribution < 1.29 is 29.0 Å². The number of rotatable bonds is 14. The molecule has 0 bridgehead atoms. The number of ether oxygens (including phenoxy) is 1. The normalized spacial score (nSPS) is 12.6. The van der Waals surface area contributed by atoms with E-state index in [0.717, 1.165) is 19.3 Å². The molecule has 2 aromatic carbocycles. The first-order valence-electron chi connectivity index (χ1n) is 14.2. The van der Waals surface area contributed by atoms with Crippen molar-refractivity contribution in [2.24, 2.45) is 5.73 Å². The molecule has 4 amide bonds. The van der Waals surface area contributed by atoms with Crippen LogP contribution in [0.1, 0.15) is 83.4 Å². The average Bonchev–Trinajstić information content (AvgIpc) is 2.89. The van der Waals surface area contributed by atoms with Crippen molar-refractivity contribution in [3.8, 4) is 5.75 Å². The Balaban J connectivity index is 2.60. The predicted molar refractivity (Wildman–Crippen MR) is 163 cm³/mol. The smallest absolute Gasteiger partial charge is 0.408 e. The van der Waals surface area contributed by atoms with E-state index in [1.807, 2.05) is 0 Å². The van der Waals surface area contributed by atoms with Crippen LogP contribution in [0.2, 0.25) is 5.02 Å². The van der Waals surface area contributed by atoms with Gasteiger partial charge in [0.15, 0.2) is 0 Å². The summed E-state index contributed by atoms with van der Waals surface area (Å²) in [7, 11) is 0. The molecule has 0 radical (unpaired) electrons. The molecule has 0 saturated heterocycles. The van der Waals surface area contributed by atoms with Crippen LogP contribution in [0.4, 0.5) is 10.5 Å². The highest BCUT2D eigenvalue weighted by Crippen LogP contribution is 2.33. The summed E-state index contributed by atoms with van der Waals surface area (Å²) in [4.78, 5) is 54.0. The van der Waals surface area contributed by atoms with E-state index in [-0.39, 0.29) is 30.7 Å². The summed E-state index contributed by atoms with van der Waals surface area (Å²) in [5, 5.41) is 16.6. The van der Waals surface area contributed by atoms with Gasteiger partial charge in [0, 0.05) is 18.5 Å². The number of nitrogens with two attached hydrogens (primary N) is 1. The maximum absolute atomic E-state index is 14.3. The Kier molecular flexibility index (Phi) is 13.1. The minimum Gasteiger partial charge on any atom is -0.508 e. The van der Waals surface area contributed by atoms with Gasteiger partial charge < -0.3 is 31.1 Å². The number of hydrogen-bond donors (Lipinski definition) is 4. The van der Waals surface area contributed by atoms with Gasteiger partial charge in [0.25, 0.3) is 5.91 Å². The van der Waals surface area contributed by atoms with E-state index < -0.39 is 41.5 Å². The van der Waals surface area contributed by atoms with E-state index in [1.165, 1.54) is 11.0 Å². The number of unbranched alkanes of at least 4 members (excludes halogenated alkanes) is 3. The van der Waals surface area contributed by atoms with Gasteiger partial charge in [0.2, 0.25) is 11.8 Å². The zero-order chi connectivity index (χ0) is 31.4. The molecule has 11 heteroatoms. The van der Waals surface area contributed by atoms with Gasteiger partial charge >= 0.3 is 6.09 Å². The number of carbonyl (C=O) groups excluding carboxylic acids is 4. The largest absolute Gasteiger partial charge is 0.508 e. The summed E-state index contributed by atoms with van der Waals surface area (Å²) in [5.74, 6) is -2.08. The van der Waals surface area contributed by atoms with Crippen LogP contribution in [-0.2, 0) is 19.1 Å². The lowest BCUT2D eigenvalue weighted by Crippen LogP contribution is -2.53. The Hall–Kier alpha value is -3.79. The highest BCUT2D eigenvalue weighted by Gasteiger charge is 2.37. The van der Waals surface area contributed by atoms with E-state index in [1.54, 1.807) is 64.1 Å². The second kappa shape index (κ2) is 16.0. The molecule has 0 aliphatic carbocycles. The van der Waals surface area contributed by atoms with Gasteiger partial charge in [-0.2, -0.15) is 0 Å². The Bertz CT molecular complexity index is 1230. The molecule has 0 spiro atoms. The Morgan fingerprint density at radius 3 is 2.33 bits per heavy atom. The number of aryl methyl sites for hydroxylation is 1. The predicted octanol–water partition coefficient (Wildman–Crippen LogP) is 5.60. The summed E-state index contributed by atoms with van der Waals surface area (Å²) in [6.07, 6.45) is 2.04. The number of carbonyl (C=O) groups is 4. The SMILES string of the molecule is CCCCCCN(C(=O)C(CCC(N)=O)NC(=O)OC(C)(C)C)C(C(=O)Nc1c(C)cccc1Cl)c1ccccc1O. The first-order chi connectivity index (χ1) is 19.7. The van der Waals surface area contributed by atoms with Crippen molar-refractivity contribution in [2.45, 2.75) is 90.8 Å². The van der Waals surface area contributed by atoms with Gasteiger partial charge in [-0.05, 0) is 58.2 Å². The highest BCUT2D eigenvalue weighted by atomic mass is 35.5. The molecule has 0 aromatic heterocycles. The number of amides is 4. The lowest BCUT2D eigenvalue weighted by Gasteiger charge is -2.35. The molecule has 5 N–H and O–H groups in total. The molecule has 2 atom stereocenters. The Morgan fingerprint density at radius 1 is 1.05 bits per heavy atom. The molecule has 2 unspecified atom stereocenters. The molecule has 2 aromatic rings. The fraction of sp³-hybridized carbons (Fsp3) is 0.484. The van der Waals surface area contributed by atoms with Crippen LogP contribution in [0.25, 0.3) is 0 Å². The lowest BCUT2D eigenvalue weighted by atomic mass is 9.99. The number of phenolic OH excluding ortho intramolecular Hbond substituents is 1. The standard InChI is InChI=1S/C31H43ClN4O6/c1-6-7-8-11-19-36(29(40)23(17-18-25(33)38)34-30(41)42-31(3,4)5)27(21-14-9-10-16-24(21)37)28(39)35-26-20(2)13-12-15-22(26)32/h9-10,12-16,23,27,37H,6-8,11,17-19H2,1-5H3,(H2,33,38)(H,34,41)(H,35,39). The zero-order valence-electron chi connectivity index (χ0n) is 25.0. The number of aromatic hydroxyl groups is 1. The van der Waals surface area contributed by atoms with Crippen LogP contribution in [0.3, 0.4) is 0 Å². The molecule has 0 heterocycles. The van der Waals surface area contributed by atoms with Crippen molar-refractivity contribution in [3.63, 3.8) is 0 Å². The third kappa shape index (κ3) is 10.6. The van der Waals surface area contributed by atoms with Gasteiger partial charge in [-0.15, -0.1) is 0 Å². The number of hydrogen-bond acceptors (Lipinski definition) is 6. The van der Waals surface area contributed by atoms with Gasteiger partial charge in [0.05, 0.1) is 10.7 Å². The van der Waals surface area contributed by atoms with Crippen LogP contribution in [0, 0.1) is 6.92 Å². The molecule has 0 aliphatic rings. The molecule has 230 valence electrons. The summed E-state index contributed by atoms with van der Waals surface area (Å²) in [6, 6.07) is 8.90. The monoisotopic (exact) mass is 602 g/mol. The van der Waals surface area contributed by atoms with Gasteiger partial charge in [-0.3, -0.25) is 14.4 Å². The number of nitrogens with zero attached hydrogens (tertiary/aromatic N) is 1. The molecule has 10 nitrogen and oxygen atoms in total. The number of anilines is 1. The quantitative estimate of drug-likeness (QED) is 0.207. The lowest BCUT2D eigenvalue weighted by molar-refractivity contribution is -0.141. The van der Waals surface area contributed by atoms with Gasteiger partial charge in [0.1, 0.15) is 23.4 Å². The molecule has 42 heavy (non-hydrogen) atoms. The summed E-state index contributed by atoms with van der Waals surface area (Å²) in [5.41, 5.74) is 5.81. The fourth-order valence-corrected chi connectivity index (χ4v) is 4.69. The molecule has 2 rings (SSSR count). The Morgan fingerprint density at radius 2 is 1.74 bits per heavy atom. The summed E-state index contributed by atoms with van der Waals surface area (Å²) in [6.45, 7) is 9.02. The van der Waals surface area contributed by atoms with Crippen LogP contribution in [0.15, 0.2) is 42.5 Å². The van der Waals surface area contributed by atoms with E-state index >= 15 is 0 Å². The second-order valence-corrected chi connectivity index (χ2v) is 11.6. The number of primary amides is 1. The van der Waals surface area contributed by atoms with E-state index in [2.05, 4.69) is 17.6 Å². The molecule has 0 fully saturated rings. The number of phenols is 1. The first kappa shape index (κ1) is 34.4. The van der Waals surface area contributed by atoms with Crippen LogP contribution >= 0.6 is 11.6 Å². The zero-order valence-corrected chi connectivity index (χ0v) is 25.8. The van der Waals surface area contributed by atoms with E-state index in [0.29, 0.717) is 22.7 Å². The van der Waals surface area contributed by atoms with Crippen molar-refractivity contribution >= 4 is 41.1 Å². The van der Waals surface area contributed by atoms with E-state index in [9.17, 15) is 24.3 Å². The number of alkyl carbamates (subject to hydrolysis) is 1. The second-order valence-electron chi connectivity index (χ2n) is 11.2. The molecule has 0 aliphatic heterocycles. The van der Waals surface area contributed by atoms with Crippen molar-refractivity contribution in [3.05, 3.63) is 58.6 Å². The molecular weight excluding hydrogens is 560 g/mol. The third-order valence-electron chi connectivity index (χ3n) is 6.47. The van der Waals surface area contributed by atoms with Gasteiger partial charge in [-0.1, -0.05) is 68.1 Å². The van der Waals surface area contributed by atoms with Gasteiger partial charge in [-0.25, -0.2) is 4.79 Å². The average molecular weight is 603 g/mol. The number of halogens is 1. The number of benzene rings is 2. The molecule has 0 saturated carbocycles. The third-order valence-corrected chi connectivity index (χ3v) is 6.78. The minimum atomic E-state index is -1.30. The minimum absolute atomic E-state index is 0.113. The maximum atomic E-state index is 14.3. The van der Waals surface area contributed by atoms with Crippen LogP contribution < -0.4 is 16.4 Å². The Labute approximate surface area is 252 Å². The first-order valence-corrected chi connectivity index (χ1v) is 14.5. The van der Waals surface area contributed by atoms with Crippen molar-refractivity contribution in [1.29, 1.82) is 0 Å². The summed E-state index contributed by atoms with van der Waals surface area (Å²) < 4.78 is 5.36. The van der Waals surface area contributed by atoms with E-state index in [4.69, 9.17) is 22.1 Å².